The molecule has 1 nitrogen and oxygen atoms in total. The van der Waals surface area contributed by atoms with Crippen LogP contribution in [-0.4, -0.2) is 12.6 Å². The molecule has 1 heterocycles. The van der Waals surface area contributed by atoms with E-state index >= 15 is 0 Å². The van der Waals surface area contributed by atoms with Crippen LogP contribution in [0.4, 0.5) is 5.69 Å². The molecule has 0 saturated heterocycles. The van der Waals surface area contributed by atoms with Crippen molar-refractivity contribution >= 4 is 5.69 Å². The summed E-state index contributed by atoms with van der Waals surface area (Å²) in [5.41, 5.74) is 4.36. The van der Waals surface area contributed by atoms with Crippen LogP contribution in [0.3, 0.4) is 0 Å². The molecule has 0 saturated carbocycles. The zero-order valence-corrected chi connectivity index (χ0v) is 13.4. The molecular weight excluding hydrogens is 218 g/mol. The van der Waals surface area contributed by atoms with Crippen LogP contribution in [0.1, 0.15) is 59.1 Å². The second kappa shape index (κ2) is 9.02. The maximum Gasteiger partial charge on any atom is 0.0403 e. The van der Waals surface area contributed by atoms with Crippen molar-refractivity contribution in [3.8, 4) is 0 Å². The summed E-state index contributed by atoms with van der Waals surface area (Å²) in [5.74, 6) is 0. The molecule has 0 radical (unpaired) electrons. The summed E-state index contributed by atoms with van der Waals surface area (Å²) < 4.78 is 0. The third-order valence-electron chi connectivity index (χ3n) is 3.02. The molecule has 0 unspecified atom stereocenters. The summed E-state index contributed by atoms with van der Waals surface area (Å²) >= 11 is 0. The number of benzene rings is 1. The van der Waals surface area contributed by atoms with E-state index in [4.69, 9.17) is 0 Å². The highest BCUT2D eigenvalue weighted by Gasteiger charge is 2.18. The fourth-order valence-electron chi connectivity index (χ4n) is 2.25. The smallest absolute Gasteiger partial charge is 0.0403 e. The topological polar surface area (TPSA) is 3.24 Å². The van der Waals surface area contributed by atoms with E-state index in [0.717, 1.165) is 0 Å². The summed E-state index contributed by atoms with van der Waals surface area (Å²) in [5, 5.41) is 0. The normalized spacial score (nSPS) is 13.0. The zero-order chi connectivity index (χ0) is 14.1. The molecule has 1 heteroatoms. The van der Waals surface area contributed by atoms with Crippen molar-refractivity contribution in [1.82, 2.24) is 0 Å². The largest absolute Gasteiger partial charge is 0.369 e. The number of hydrogen-bond donors (Lipinski definition) is 0. The van der Waals surface area contributed by atoms with Gasteiger partial charge in [0.25, 0.3) is 0 Å². The van der Waals surface area contributed by atoms with Crippen LogP contribution in [0.5, 0.6) is 0 Å². The fraction of sp³-hybridized carbons (Fsp3) is 0.647. The Hall–Kier alpha value is -0.980. The quantitative estimate of drug-likeness (QED) is 0.660. The molecule has 0 atom stereocenters. The summed E-state index contributed by atoms with van der Waals surface area (Å²) in [6.07, 6.45) is 2.55. The summed E-state index contributed by atoms with van der Waals surface area (Å²) in [6.45, 7) is 15.9. The molecule has 1 aromatic rings. The Bertz CT molecular complexity index is 328. The SMILES string of the molecule is CC.CC.Cc1ccc2c(c1)N(C(C)C)CCC2. The van der Waals surface area contributed by atoms with Gasteiger partial charge >= 0.3 is 0 Å². The molecule has 104 valence electrons. The van der Waals surface area contributed by atoms with Crippen molar-refractivity contribution in [3.63, 3.8) is 0 Å². The van der Waals surface area contributed by atoms with Crippen molar-refractivity contribution in [2.75, 3.05) is 11.4 Å². The first kappa shape index (κ1) is 17.0. The zero-order valence-electron chi connectivity index (χ0n) is 13.4. The minimum atomic E-state index is 0.621. The summed E-state index contributed by atoms with van der Waals surface area (Å²) in [4.78, 5) is 2.52. The van der Waals surface area contributed by atoms with Crippen LogP contribution in [0.15, 0.2) is 18.2 Å². The summed E-state index contributed by atoms with van der Waals surface area (Å²) in [7, 11) is 0. The third-order valence-corrected chi connectivity index (χ3v) is 3.02. The van der Waals surface area contributed by atoms with Crippen LogP contribution in [0.2, 0.25) is 0 Å². The van der Waals surface area contributed by atoms with Gasteiger partial charge in [0.2, 0.25) is 0 Å². The van der Waals surface area contributed by atoms with Gasteiger partial charge in [0, 0.05) is 18.3 Å². The number of nitrogens with zero attached hydrogens (tertiary/aromatic N) is 1. The predicted octanol–water partition coefficient (Wildman–Crippen LogP) is 5.21. The third kappa shape index (κ3) is 4.36. The van der Waals surface area contributed by atoms with Gasteiger partial charge in [0.1, 0.15) is 0 Å². The van der Waals surface area contributed by atoms with Crippen molar-refractivity contribution in [3.05, 3.63) is 29.3 Å². The van der Waals surface area contributed by atoms with Crippen LogP contribution in [-0.2, 0) is 6.42 Å². The molecule has 0 spiro atoms. The van der Waals surface area contributed by atoms with Gasteiger partial charge in [-0.15, -0.1) is 0 Å². The van der Waals surface area contributed by atoms with E-state index in [1.165, 1.54) is 36.2 Å². The Morgan fingerprint density at radius 2 is 1.67 bits per heavy atom. The number of rotatable bonds is 1. The molecule has 0 aromatic heterocycles. The number of hydrogen-bond acceptors (Lipinski definition) is 1. The Morgan fingerprint density at radius 1 is 1.06 bits per heavy atom. The number of aryl methyl sites for hydroxylation is 2. The maximum atomic E-state index is 2.52. The second-order valence-electron chi connectivity index (χ2n) is 4.52. The highest BCUT2D eigenvalue weighted by Crippen LogP contribution is 2.29. The van der Waals surface area contributed by atoms with Gasteiger partial charge in [0.05, 0.1) is 0 Å². The second-order valence-corrected chi connectivity index (χ2v) is 4.52. The Balaban J connectivity index is 0.000000659. The molecular formula is C17H31N. The van der Waals surface area contributed by atoms with Crippen molar-refractivity contribution < 1.29 is 0 Å². The first-order chi connectivity index (χ1) is 8.68. The monoisotopic (exact) mass is 249 g/mol. The van der Waals surface area contributed by atoms with Crippen LogP contribution < -0.4 is 4.90 Å². The Kier molecular flexibility index (Phi) is 8.53. The van der Waals surface area contributed by atoms with Gasteiger partial charge in [-0.1, -0.05) is 39.8 Å². The molecule has 1 aliphatic rings. The van der Waals surface area contributed by atoms with Gasteiger partial charge in [-0.25, -0.2) is 0 Å². The van der Waals surface area contributed by atoms with Crippen LogP contribution in [0.25, 0.3) is 0 Å². The molecule has 1 aliphatic heterocycles. The highest BCUT2D eigenvalue weighted by molar-refractivity contribution is 5.57. The van der Waals surface area contributed by atoms with Crippen LogP contribution >= 0.6 is 0 Å². The van der Waals surface area contributed by atoms with Crippen molar-refractivity contribution in [2.45, 2.75) is 67.3 Å². The lowest BCUT2D eigenvalue weighted by atomic mass is 9.99. The van der Waals surface area contributed by atoms with Crippen molar-refractivity contribution in [1.29, 1.82) is 0 Å². The van der Waals surface area contributed by atoms with Gasteiger partial charge < -0.3 is 4.90 Å². The molecule has 1 aromatic carbocycles. The lowest BCUT2D eigenvalue weighted by Gasteiger charge is -2.34. The van der Waals surface area contributed by atoms with Gasteiger partial charge in [-0.2, -0.15) is 0 Å². The standard InChI is InChI=1S/C13H19N.2C2H6/c1-10(2)14-8-4-5-12-7-6-11(3)9-13(12)14;2*1-2/h6-7,9-10H,4-5,8H2,1-3H3;2*1-2H3. The van der Waals surface area contributed by atoms with E-state index in [0.29, 0.717) is 6.04 Å². The fourth-order valence-corrected chi connectivity index (χ4v) is 2.25. The van der Waals surface area contributed by atoms with E-state index in [1.807, 2.05) is 27.7 Å². The molecule has 0 amide bonds. The van der Waals surface area contributed by atoms with Gasteiger partial charge in [-0.05, 0) is 50.8 Å². The molecule has 0 N–H and O–H groups in total. The first-order valence-corrected chi connectivity index (χ1v) is 7.54. The minimum absolute atomic E-state index is 0.621. The Labute approximate surface area is 114 Å². The highest BCUT2D eigenvalue weighted by atomic mass is 15.2. The molecule has 18 heavy (non-hydrogen) atoms. The average molecular weight is 249 g/mol. The molecule has 2 rings (SSSR count). The van der Waals surface area contributed by atoms with E-state index in [1.54, 1.807) is 0 Å². The van der Waals surface area contributed by atoms with E-state index < -0.39 is 0 Å². The van der Waals surface area contributed by atoms with E-state index in [9.17, 15) is 0 Å². The maximum absolute atomic E-state index is 2.52. The minimum Gasteiger partial charge on any atom is -0.369 e. The van der Waals surface area contributed by atoms with E-state index in [2.05, 4.69) is 43.9 Å². The van der Waals surface area contributed by atoms with E-state index in [-0.39, 0.29) is 0 Å². The molecule has 0 bridgehead atoms. The van der Waals surface area contributed by atoms with Crippen molar-refractivity contribution in [2.24, 2.45) is 0 Å². The van der Waals surface area contributed by atoms with Gasteiger partial charge in [0.15, 0.2) is 0 Å². The predicted molar refractivity (Wildman–Crippen MR) is 84.7 cm³/mol. The lowest BCUT2D eigenvalue weighted by Crippen LogP contribution is -2.35. The average Bonchev–Trinajstić information content (AvgIpc) is 2.42. The number of fused-ring (bicyclic) bond motifs is 1. The summed E-state index contributed by atoms with van der Waals surface area (Å²) in [6, 6.07) is 7.46. The van der Waals surface area contributed by atoms with Crippen LogP contribution in [0, 0.1) is 6.92 Å². The Morgan fingerprint density at radius 3 is 2.22 bits per heavy atom. The first-order valence-electron chi connectivity index (χ1n) is 7.54. The number of anilines is 1. The lowest BCUT2D eigenvalue weighted by molar-refractivity contribution is 0.625. The molecule has 0 aliphatic carbocycles. The molecule has 0 fully saturated rings. The van der Waals surface area contributed by atoms with Gasteiger partial charge in [-0.3, -0.25) is 0 Å².